The van der Waals surface area contributed by atoms with Crippen molar-refractivity contribution in [2.24, 2.45) is 11.8 Å². The second-order valence-electron chi connectivity index (χ2n) is 13.5. The molecule has 0 aliphatic rings. The molecule has 4 N–H and O–H groups in total. The molecule has 8 heteroatoms. The number of benzene rings is 4. The van der Waals surface area contributed by atoms with Crippen LogP contribution in [0.4, 0.5) is 0 Å². The van der Waals surface area contributed by atoms with Gasteiger partial charge in [-0.15, -0.1) is 0 Å². The number of H-pyrrole nitrogens is 1. The highest BCUT2D eigenvalue weighted by atomic mass is 16.5. The number of nitrogens with one attached hydrogen (secondary N) is 3. The van der Waals surface area contributed by atoms with Crippen LogP contribution in [-0.2, 0) is 40.1 Å². The fourth-order valence-electron chi connectivity index (χ4n) is 6.95. The lowest BCUT2D eigenvalue weighted by molar-refractivity contribution is -0.148. The number of aryl methyl sites for hydroxylation is 2. The van der Waals surface area contributed by atoms with Crippen LogP contribution in [0.1, 0.15) is 60.8 Å². The minimum atomic E-state index is -0.979. The Morgan fingerprint density at radius 1 is 0.673 bits per heavy atom. The number of ether oxygens (including phenoxy) is 1. The van der Waals surface area contributed by atoms with E-state index in [2.05, 4.69) is 27.8 Å². The monoisotopic (exact) mass is 701 g/mol. The van der Waals surface area contributed by atoms with E-state index in [4.69, 9.17) is 4.74 Å². The third kappa shape index (κ3) is 11.3. The first kappa shape index (κ1) is 37.9. The highest BCUT2D eigenvalue weighted by molar-refractivity contribution is 5.91. The van der Waals surface area contributed by atoms with Gasteiger partial charge in [0.15, 0.2) is 0 Å². The van der Waals surface area contributed by atoms with E-state index in [0.29, 0.717) is 45.1 Å². The van der Waals surface area contributed by atoms with Gasteiger partial charge >= 0.3 is 5.97 Å². The lowest BCUT2D eigenvalue weighted by atomic mass is 9.82. The summed E-state index contributed by atoms with van der Waals surface area (Å²) < 4.78 is 5.29. The third-order valence-electron chi connectivity index (χ3n) is 9.89. The van der Waals surface area contributed by atoms with Gasteiger partial charge in [0.05, 0.1) is 18.9 Å². The Bertz CT molecular complexity index is 1840. The van der Waals surface area contributed by atoms with Crippen LogP contribution in [-0.4, -0.2) is 47.6 Å². The van der Waals surface area contributed by atoms with Crippen LogP contribution in [0.15, 0.2) is 115 Å². The van der Waals surface area contributed by atoms with Gasteiger partial charge in [-0.05, 0) is 85.4 Å². The number of hydrogen-bond donors (Lipinski definition) is 4. The molecule has 0 unspecified atom stereocenters. The SMILES string of the molecule is COc1ccc(CCC[C@@H](C(=O)N[C@@H](Cc2c[nH]c3ccccc23)C(=O)NCCc2ccccc2)[C@H](CCCCCc2ccccc2)C(=O)O)cc1. The summed E-state index contributed by atoms with van der Waals surface area (Å²) in [5.74, 6) is -2.57. The fourth-order valence-corrected chi connectivity index (χ4v) is 6.95. The quantitative estimate of drug-likeness (QED) is 0.0585. The molecule has 0 saturated heterocycles. The summed E-state index contributed by atoms with van der Waals surface area (Å²) in [4.78, 5) is 44.2. The molecule has 0 aliphatic heterocycles. The van der Waals surface area contributed by atoms with Crippen molar-refractivity contribution in [3.05, 3.63) is 138 Å². The molecule has 8 nitrogen and oxygen atoms in total. The van der Waals surface area contributed by atoms with Crippen molar-refractivity contribution in [2.75, 3.05) is 13.7 Å². The molecule has 0 spiro atoms. The van der Waals surface area contributed by atoms with Crippen LogP contribution >= 0.6 is 0 Å². The van der Waals surface area contributed by atoms with Gasteiger partial charge in [0.2, 0.25) is 11.8 Å². The molecule has 1 aromatic heterocycles. The number of carbonyl (C=O) groups excluding carboxylic acids is 2. The highest BCUT2D eigenvalue weighted by Gasteiger charge is 2.35. The van der Waals surface area contributed by atoms with E-state index in [1.165, 1.54) is 5.56 Å². The number of para-hydroxylation sites is 1. The lowest BCUT2D eigenvalue weighted by Crippen LogP contribution is -2.51. The number of carboxylic acid groups (broad SMARTS) is 1. The summed E-state index contributed by atoms with van der Waals surface area (Å²) in [5, 5.41) is 17.6. The number of methoxy groups -OCH3 is 1. The number of rotatable bonds is 21. The van der Waals surface area contributed by atoms with Gasteiger partial charge in [0.1, 0.15) is 11.8 Å². The van der Waals surface area contributed by atoms with E-state index in [-0.39, 0.29) is 12.3 Å². The van der Waals surface area contributed by atoms with Gasteiger partial charge in [-0.25, -0.2) is 0 Å². The van der Waals surface area contributed by atoms with E-state index in [1.807, 2.05) is 103 Å². The molecule has 0 bridgehead atoms. The molecule has 3 atom stereocenters. The molecular weight excluding hydrogens is 651 g/mol. The summed E-state index contributed by atoms with van der Waals surface area (Å²) in [5.41, 5.74) is 5.30. The maximum absolute atomic E-state index is 14.3. The lowest BCUT2D eigenvalue weighted by Gasteiger charge is -2.26. The van der Waals surface area contributed by atoms with E-state index in [1.54, 1.807) is 7.11 Å². The van der Waals surface area contributed by atoms with Crippen molar-refractivity contribution < 1.29 is 24.2 Å². The predicted molar refractivity (Wildman–Crippen MR) is 206 cm³/mol. The normalized spacial score (nSPS) is 12.9. The Kier molecular flexibility index (Phi) is 14.5. The first-order valence-electron chi connectivity index (χ1n) is 18.5. The van der Waals surface area contributed by atoms with E-state index >= 15 is 0 Å². The number of aromatic amines is 1. The van der Waals surface area contributed by atoms with Crippen molar-refractivity contribution in [1.29, 1.82) is 0 Å². The topological polar surface area (TPSA) is 121 Å². The molecule has 4 aromatic carbocycles. The molecule has 2 amide bonds. The number of carboxylic acids is 1. The Morgan fingerprint density at radius 3 is 1.98 bits per heavy atom. The van der Waals surface area contributed by atoms with Crippen molar-refractivity contribution in [2.45, 2.75) is 70.3 Å². The third-order valence-corrected chi connectivity index (χ3v) is 9.89. The molecule has 0 fully saturated rings. The second kappa shape index (κ2) is 19.9. The average molecular weight is 702 g/mol. The number of carbonyl (C=O) groups is 3. The molecule has 0 radical (unpaired) electrons. The Hall–Kier alpha value is -5.37. The summed E-state index contributed by atoms with van der Waals surface area (Å²) in [6.07, 6.45) is 8.33. The molecule has 5 rings (SSSR count). The van der Waals surface area contributed by atoms with Crippen molar-refractivity contribution in [3.63, 3.8) is 0 Å². The molecule has 272 valence electrons. The molecule has 1 heterocycles. The minimum absolute atomic E-state index is 0.267. The summed E-state index contributed by atoms with van der Waals surface area (Å²) in [6.45, 7) is 0.412. The van der Waals surface area contributed by atoms with Crippen LogP contribution in [0, 0.1) is 11.8 Å². The first-order chi connectivity index (χ1) is 25.4. The Balaban J connectivity index is 1.31. The van der Waals surface area contributed by atoms with Crippen LogP contribution in [0.5, 0.6) is 5.75 Å². The molecular formula is C44H51N3O5. The van der Waals surface area contributed by atoms with Crippen molar-refractivity contribution >= 4 is 28.7 Å². The maximum atomic E-state index is 14.3. The minimum Gasteiger partial charge on any atom is -0.497 e. The molecule has 52 heavy (non-hydrogen) atoms. The van der Waals surface area contributed by atoms with Crippen molar-refractivity contribution in [3.8, 4) is 5.75 Å². The van der Waals surface area contributed by atoms with E-state index < -0.39 is 29.8 Å². The number of hydrogen-bond acceptors (Lipinski definition) is 4. The zero-order valence-corrected chi connectivity index (χ0v) is 30.1. The predicted octanol–water partition coefficient (Wildman–Crippen LogP) is 7.71. The van der Waals surface area contributed by atoms with Gasteiger partial charge in [0.25, 0.3) is 0 Å². The second-order valence-corrected chi connectivity index (χ2v) is 13.5. The largest absolute Gasteiger partial charge is 0.497 e. The Labute approximate surface area is 307 Å². The molecule has 0 saturated carbocycles. The number of aliphatic carboxylic acids is 1. The summed E-state index contributed by atoms with van der Waals surface area (Å²) in [7, 11) is 1.63. The van der Waals surface area contributed by atoms with Crippen molar-refractivity contribution in [1.82, 2.24) is 15.6 Å². The number of amides is 2. The maximum Gasteiger partial charge on any atom is 0.307 e. The average Bonchev–Trinajstić information content (AvgIpc) is 3.58. The number of fused-ring (bicyclic) bond motifs is 1. The zero-order chi connectivity index (χ0) is 36.5. The number of unbranched alkanes of at least 4 members (excludes halogenated alkanes) is 2. The van der Waals surface area contributed by atoms with Gasteiger partial charge in [-0.2, -0.15) is 0 Å². The fraction of sp³-hybridized carbons (Fsp3) is 0.341. The number of aromatic nitrogens is 1. The summed E-state index contributed by atoms with van der Waals surface area (Å²) >= 11 is 0. The first-order valence-corrected chi connectivity index (χ1v) is 18.5. The zero-order valence-electron chi connectivity index (χ0n) is 30.1. The van der Waals surface area contributed by atoms with Crippen LogP contribution in [0.25, 0.3) is 10.9 Å². The van der Waals surface area contributed by atoms with Gasteiger partial charge in [0, 0.05) is 30.1 Å². The standard InChI is InChI=1S/C44H51N3O5/c1-52-36-26-24-34(25-27-36)19-13-22-38(39(44(50)51)21-10-4-9-16-32-14-5-2-6-15-32)42(48)47-41(30-35-31-46-40-23-12-11-20-37(35)40)43(49)45-29-28-33-17-7-3-8-18-33/h2-3,5-8,11-12,14-15,17-18,20,23-27,31,38-39,41,46H,4,9-10,13,16,19,21-22,28-30H2,1H3,(H,45,49)(H,47,48)(H,50,51)/t38-,39+,41+/m1/s1. The van der Waals surface area contributed by atoms with E-state index in [0.717, 1.165) is 52.6 Å². The highest BCUT2D eigenvalue weighted by Crippen LogP contribution is 2.27. The summed E-state index contributed by atoms with van der Waals surface area (Å²) in [6, 6.07) is 35.0. The van der Waals surface area contributed by atoms with Gasteiger partial charge in [-0.3, -0.25) is 14.4 Å². The molecule has 5 aromatic rings. The molecule has 0 aliphatic carbocycles. The van der Waals surface area contributed by atoms with Crippen LogP contribution in [0.2, 0.25) is 0 Å². The van der Waals surface area contributed by atoms with Crippen LogP contribution < -0.4 is 15.4 Å². The Morgan fingerprint density at radius 2 is 1.29 bits per heavy atom. The smallest absolute Gasteiger partial charge is 0.307 e. The van der Waals surface area contributed by atoms with E-state index in [9.17, 15) is 19.5 Å². The van der Waals surface area contributed by atoms with Gasteiger partial charge in [-0.1, -0.05) is 104 Å². The van der Waals surface area contributed by atoms with Gasteiger partial charge < -0.3 is 25.5 Å². The van der Waals surface area contributed by atoms with Crippen LogP contribution in [0.3, 0.4) is 0 Å².